The number of rotatable bonds is 1. The van der Waals surface area contributed by atoms with Crippen molar-refractivity contribution in [3.63, 3.8) is 0 Å². The maximum absolute atomic E-state index is 12.0. The normalized spacial score (nSPS) is 13.9. The minimum Gasteiger partial charge on any atom is -0.478 e. The molecule has 0 atom stereocenters. The molecule has 18 heavy (non-hydrogen) atoms. The van der Waals surface area contributed by atoms with Crippen LogP contribution in [0.1, 0.15) is 15.9 Å². The Labute approximate surface area is 110 Å². The fourth-order valence-electron chi connectivity index (χ4n) is 0.948. The van der Waals surface area contributed by atoms with Crippen molar-refractivity contribution in [2.24, 2.45) is 0 Å². The third kappa shape index (κ3) is 4.62. The summed E-state index contributed by atoms with van der Waals surface area (Å²) in [5, 5.41) is 11.3. The molecule has 0 spiro atoms. The van der Waals surface area contributed by atoms with E-state index in [1.807, 2.05) is 5.41 Å². The van der Waals surface area contributed by atoms with E-state index in [1.165, 1.54) is 0 Å². The van der Waals surface area contributed by atoms with Gasteiger partial charge in [0.25, 0.3) is 0 Å². The molecule has 0 aromatic heterocycles. The lowest BCUT2D eigenvalue weighted by molar-refractivity contribution is -0.137. The highest BCUT2D eigenvalue weighted by Crippen LogP contribution is 2.29. The second-order valence-corrected chi connectivity index (χ2v) is 4.60. The molecule has 0 radical (unpaired) electrons. The van der Waals surface area contributed by atoms with Crippen molar-refractivity contribution in [1.29, 1.82) is 0 Å². The number of thioether (sulfide) groups is 1. The average Bonchev–Trinajstić information content (AvgIpc) is 2.26. The molecule has 0 amide bonds. The molecule has 7 heteroatoms. The molecule has 1 aliphatic heterocycles. The number of hydrogen-bond acceptors (Lipinski definition) is 2. The second-order valence-electron chi connectivity index (χ2n) is 3.26. The summed E-state index contributed by atoms with van der Waals surface area (Å²) in [6, 6.07) is 3.32. The van der Waals surface area contributed by atoms with Gasteiger partial charge >= 0.3 is 12.1 Å². The summed E-state index contributed by atoms with van der Waals surface area (Å²) in [6.45, 7) is 0. The maximum atomic E-state index is 12.0. The summed E-state index contributed by atoms with van der Waals surface area (Å²) in [4.78, 5) is 10.3. The monoisotopic (exact) mass is 296 g/mol. The van der Waals surface area contributed by atoms with Gasteiger partial charge in [0.15, 0.2) is 0 Å². The Morgan fingerprint density at radius 2 is 1.72 bits per heavy atom. The standard InChI is InChI=1S/C8H5F3O2.C3H3ClS/c9-8(10,11)6-3-1-5(2-4-6)7(12)13;4-3-1-5-2-3/h1-4H,(H,12,13);1H,2H2. The Balaban J connectivity index is 0.000000269. The van der Waals surface area contributed by atoms with Crippen LogP contribution in [0.4, 0.5) is 13.2 Å². The minimum absolute atomic E-state index is 0.159. The summed E-state index contributed by atoms with van der Waals surface area (Å²) < 4.78 is 35.9. The second kappa shape index (κ2) is 6.15. The van der Waals surface area contributed by atoms with Crippen LogP contribution in [0.3, 0.4) is 0 Å². The van der Waals surface area contributed by atoms with Crippen LogP contribution in [0.5, 0.6) is 0 Å². The van der Waals surface area contributed by atoms with Gasteiger partial charge in [0.1, 0.15) is 0 Å². The molecule has 0 bridgehead atoms. The van der Waals surface area contributed by atoms with Gasteiger partial charge in [-0.25, -0.2) is 4.79 Å². The van der Waals surface area contributed by atoms with Crippen molar-refractivity contribution in [2.45, 2.75) is 6.18 Å². The molecule has 2 nitrogen and oxygen atoms in total. The Bertz CT molecular complexity index is 454. The van der Waals surface area contributed by atoms with Crippen molar-refractivity contribution in [3.8, 4) is 0 Å². The number of carboxylic acid groups (broad SMARTS) is 1. The topological polar surface area (TPSA) is 37.3 Å². The molecule has 2 rings (SSSR count). The summed E-state index contributed by atoms with van der Waals surface area (Å²) in [5.74, 6) is -0.213. The number of benzene rings is 1. The largest absolute Gasteiger partial charge is 0.478 e. The third-order valence-corrected chi connectivity index (χ3v) is 3.35. The minimum atomic E-state index is -4.42. The molecule has 1 heterocycles. The van der Waals surface area contributed by atoms with Crippen molar-refractivity contribution >= 4 is 29.3 Å². The fourth-order valence-corrected chi connectivity index (χ4v) is 1.62. The summed E-state index contributed by atoms with van der Waals surface area (Å²) in [7, 11) is 0. The first kappa shape index (κ1) is 14.9. The maximum Gasteiger partial charge on any atom is 0.416 e. The summed E-state index contributed by atoms with van der Waals surface area (Å²) in [5.41, 5.74) is -1.01. The highest BCUT2D eigenvalue weighted by molar-refractivity contribution is 8.03. The van der Waals surface area contributed by atoms with Crippen molar-refractivity contribution in [1.82, 2.24) is 0 Å². The van der Waals surface area contributed by atoms with Crippen molar-refractivity contribution in [2.75, 3.05) is 5.75 Å². The number of aromatic carboxylic acids is 1. The van der Waals surface area contributed by atoms with Crippen molar-refractivity contribution in [3.05, 3.63) is 45.8 Å². The van der Waals surface area contributed by atoms with Crippen molar-refractivity contribution < 1.29 is 23.1 Å². The van der Waals surface area contributed by atoms with E-state index in [-0.39, 0.29) is 5.56 Å². The van der Waals surface area contributed by atoms with E-state index < -0.39 is 17.7 Å². The molecule has 0 unspecified atom stereocenters. The molecule has 1 aromatic rings. The summed E-state index contributed by atoms with van der Waals surface area (Å²) in [6.07, 6.45) is -4.42. The van der Waals surface area contributed by atoms with Gasteiger partial charge in [-0.05, 0) is 29.7 Å². The first-order valence-electron chi connectivity index (χ1n) is 4.67. The quantitative estimate of drug-likeness (QED) is 0.843. The number of carboxylic acids is 1. The predicted octanol–water partition coefficient (Wildman–Crippen LogP) is 4.22. The molecule has 0 aliphatic carbocycles. The van der Waals surface area contributed by atoms with Crippen LogP contribution in [-0.4, -0.2) is 16.8 Å². The van der Waals surface area contributed by atoms with Crippen LogP contribution in [-0.2, 0) is 6.18 Å². The number of carbonyl (C=O) groups is 1. The zero-order valence-corrected chi connectivity index (χ0v) is 10.4. The molecular weight excluding hydrogens is 289 g/mol. The third-order valence-electron chi connectivity index (χ3n) is 1.89. The van der Waals surface area contributed by atoms with Crippen LogP contribution in [0.25, 0.3) is 0 Å². The van der Waals surface area contributed by atoms with E-state index in [9.17, 15) is 18.0 Å². The van der Waals surface area contributed by atoms with Gasteiger partial charge in [-0.1, -0.05) is 11.6 Å². The Morgan fingerprint density at radius 1 is 1.28 bits per heavy atom. The SMILES string of the molecule is ClC1=CSC1.O=C(O)c1ccc(C(F)(F)F)cc1. The van der Waals surface area contributed by atoms with E-state index in [0.717, 1.165) is 35.1 Å². The first-order chi connectivity index (χ1) is 8.30. The van der Waals surface area contributed by atoms with Gasteiger partial charge in [-0.3, -0.25) is 0 Å². The lowest BCUT2D eigenvalue weighted by Gasteiger charge is -2.05. The first-order valence-corrected chi connectivity index (χ1v) is 6.10. The number of halogens is 4. The van der Waals surface area contributed by atoms with Gasteiger partial charge in [0.05, 0.1) is 11.1 Å². The molecule has 1 aliphatic rings. The highest BCUT2D eigenvalue weighted by Gasteiger charge is 2.30. The van der Waals surface area contributed by atoms with Crippen LogP contribution < -0.4 is 0 Å². The Kier molecular flexibility index (Phi) is 5.10. The van der Waals surface area contributed by atoms with E-state index in [2.05, 4.69) is 0 Å². The van der Waals surface area contributed by atoms with E-state index in [0.29, 0.717) is 0 Å². The smallest absolute Gasteiger partial charge is 0.416 e. The van der Waals surface area contributed by atoms with Gasteiger partial charge in [-0.2, -0.15) is 13.2 Å². The lowest BCUT2D eigenvalue weighted by Crippen LogP contribution is -2.05. The van der Waals surface area contributed by atoms with E-state index >= 15 is 0 Å². The average molecular weight is 297 g/mol. The van der Waals surface area contributed by atoms with Crippen LogP contribution in [0.15, 0.2) is 34.7 Å². The van der Waals surface area contributed by atoms with Crippen LogP contribution in [0.2, 0.25) is 0 Å². The lowest BCUT2D eigenvalue weighted by atomic mass is 10.1. The van der Waals surface area contributed by atoms with E-state index in [1.54, 1.807) is 11.8 Å². The predicted molar refractivity (Wildman–Crippen MR) is 64.8 cm³/mol. The van der Waals surface area contributed by atoms with Crippen LogP contribution in [0, 0.1) is 0 Å². The molecule has 0 saturated heterocycles. The van der Waals surface area contributed by atoms with Crippen LogP contribution >= 0.6 is 23.4 Å². The molecule has 1 N–H and O–H groups in total. The number of alkyl halides is 3. The molecule has 0 saturated carbocycles. The highest BCUT2D eigenvalue weighted by atomic mass is 35.5. The molecular formula is C11H8ClF3O2S. The Morgan fingerprint density at radius 3 is 1.94 bits per heavy atom. The van der Waals surface area contributed by atoms with Gasteiger partial charge in [-0.15, -0.1) is 11.8 Å². The van der Waals surface area contributed by atoms with E-state index in [4.69, 9.17) is 16.7 Å². The zero-order valence-electron chi connectivity index (χ0n) is 8.87. The zero-order chi connectivity index (χ0) is 13.8. The van der Waals surface area contributed by atoms with Gasteiger partial charge in [0.2, 0.25) is 0 Å². The summed E-state index contributed by atoms with van der Waals surface area (Å²) >= 11 is 7.14. The molecule has 0 fully saturated rings. The Hall–Kier alpha value is -1.14. The number of hydrogen-bond donors (Lipinski definition) is 1. The molecule has 1 aromatic carbocycles. The van der Waals surface area contributed by atoms with Gasteiger partial charge in [0, 0.05) is 10.8 Å². The molecule has 98 valence electrons. The fraction of sp³-hybridized carbons (Fsp3) is 0.182. The van der Waals surface area contributed by atoms with Gasteiger partial charge < -0.3 is 5.11 Å².